The van der Waals surface area contributed by atoms with E-state index in [0.717, 1.165) is 19.3 Å². The third-order valence-electron chi connectivity index (χ3n) is 4.96. The van der Waals surface area contributed by atoms with Crippen LogP contribution in [0.1, 0.15) is 17.5 Å². The molecule has 3 aromatic rings. The molecule has 3 aromatic carbocycles. The quantitative estimate of drug-likeness (QED) is 0.542. The first-order valence-corrected chi connectivity index (χ1v) is 11.7. The average molecular weight is 457 g/mol. The highest BCUT2D eigenvalue weighted by Gasteiger charge is 2.16. The molecule has 31 heavy (non-hydrogen) atoms. The van der Waals surface area contributed by atoms with Gasteiger partial charge in [0, 0.05) is 16.4 Å². The number of benzene rings is 3. The van der Waals surface area contributed by atoms with Gasteiger partial charge in [0.15, 0.2) is 6.61 Å². The molecule has 4 rings (SSSR count). The number of carbonyl (C=O) groups is 1. The van der Waals surface area contributed by atoms with E-state index in [4.69, 9.17) is 16.3 Å². The summed E-state index contributed by atoms with van der Waals surface area (Å²) in [6, 6.07) is 18.2. The summed E-state index contributed by atoms with van der Waals surface area (Å²) in [4.78, 5) is 12.3. The van der Waals surface area contributed by atoms with Crippen molar-refractivity contribution in [3.63, 3.8) is 0 Å². The topological polar surface area (TPSA) is 84.5 Å². The number of hydrogen-bond donors (Lipinski definition) is 2. The van der Waals surface area contributed by atoms with Crippen molar-refractivity contribution in [1.82, 2.24) is 0 Å². The van der Waals surface area contributed by atoms with Gasteiger partial charge in [-0.1, -0.05) is 23.7 Å². The number of aryl methyl sites for hydroxylation is 2. The number of fused-ring (bicyclic) bond motifs is 1. The van der Waals surface area contributed by atoms with Crippen molar-refractivity contribution in [3.8, 4) is 5.75 Å². The number of ether oxygens (including phenoxy) is 1. The zero-order valence-electron chi connectivity index (χ0n) is 16.6. The Balaban J connectivity index is 1.38. The second-order valence-corrected chi connectivity index (χ2v) is 9.38. The Morgan fingerprint density at radius 1 is 0.935 bits per heavy atom. The molecule has 1 aliphatic carbocycles. The summed E-state index contributed by atoms with van der Waals surface area (Å²) in [5, 5.41) is 3.18. The Kier molecular flexibility index (Phi) is 6.15. The summed E-state index contributed by atoms with van der Waals surface area (Å²) in [5.41, 5.74) is 3.36. The highest BCUT2D eigenvalue weighted by molar-refractivity contribution is 7.92. The van der Waals surface area contributed by atoms with Crippen molar-refractivity contribution in [3.05, 3.63) is 82.9 Å². The molecule has 8 heteroatoms. The van der Waals surface area contributed by atoms with Gasteiger partial charge in [0.25, 0.3) is 15.9 Å². The van der Waals surface area contributed by atoms with Gasteiger partial charge in [-0.3, -0.25) is 9.52 Å². The molecular formula is C23H21ClN2O4S. The van der Waals surface area contributed by atoms with Crippen molar-refractivity contribution in [2.45, 2.75) is 24.2 Å². The Hall–Kier alpha value is -3.03. The molecule has 0 fully saturated rings. The third-order valence-corrected chi connectivity index (χ3v) is 6.60. The SMILES string of the molecule is O=C(COc1ccc2c(c1)CCC2)Nc1cccc(S(=O)(=O)Nc2ccc(Cl)cc2)c1. The molecule has 0 saturated carbocycles. The van der Waals surface area contributed by atoms with Crippen LogP contribution in [0.25, 0.3) is 0 Å². The first-order chi connectivity index (χ1) is 14.9. The minimum absolute atomic E-state index is 0.0276. The standard InChI is InChI=1S/C23H21ClN2O4S/c24-18-8-10-19(11-9-18)26-31(28,29)22-6-2-5-20(14-22)25-23(27)15-30-21-12-7-16-3-1-4-17(16)13-21/h2,5-14,26H,1,3-4,15H2,(H,25,27). The van der Waals surface area contributed by atoms with Crippen LogP contribution < -0.4 is 14.8 Å². The first-order valence-electron chi connectivity index (χ1n) is 9.82. The Morgan fingerprint density at radius 3 is 2.52 bits per heavy atom. The first kappa shape index (κ1) is 21.2. The number of sulfonamides is 1. The summed E-state index contributed by atoms with van der Waals surface area (Å²) in [7, 11) is -3.82. The maximum atomic E-state index is 12.6. The lowest BCUT2D eigenvalue weighted by molar-refractivity contribution is -0.118. The molecule has 6 nitrogen and oxygen atoms in total. The van der Waals surface area contributed by atoms with Gasteiger partial charge >= 0.3 is 0 Å². The lowest BCUT2D eigenvalue weighted by Crippen LogP contribution is -2.20. The predicted molar refractivity (Wildman–Crippen MR) is 121 cm³/mol. The van der Waals surface area contributed by atoms with E-state index < -0.39 is 10.0 Å². The Bertz CT molecular complexity index is 1210. The number of carbonyl (C=O) groups excluding carboxylic acids is 1. The van der Waals surface area contributed by atoms with Gasteiger partial charge in [-0.25, -0.2) is 8.42 Å². The summed E-state index contributed by atoms with van der Waals surface area (Å²) >= 11 is 5.83. The summed E-state index contributed by atoms with van der Waals surface area (Å²) in [6.07, 6.45) is 3.26. The van der Waals surface area contributed by atoms with E-state index in [1.807, 2.05) is 18.2 Å². The van der Waals surface area contributed by atoms with Crippen LogP contribution in [0.2, 0.25) is 5.02 Å². The minimum atomic E-state index is -3.82. The van der Waals surface area contributed by atoms with Crippen molar-refractivity contribution in [2.24, 2.45) is 0 Å². The predicted octanol–water partition coefficient (Wildman–Crippen LogP) is 4.65. The molecule has 0 radical (unpaired) electrons. The second kappa shape index (κ2) is 8.99. The van der Waals surface area contributed by atoms with E-state index in [1.165, 1.54) is 23.3 Å². The molecule has 0 bridgehead atoms. The molecule has 1 aliphatic rings. The van der Waals surface area contributed by atoms with E-state index in [2.05, 4.69) is 10.0 Å². The monoisotopic (exact) mass is 456 g/mol. The largest absolute Gasteiger partial charge is 0.484 e. The number of amides is 1. The van der Waals surface area contributed by atoms with E-state index >= 15 is 0 Å². The fraction of sp³-hybridized carbons (Fsp3) is 0.174. The highest BCUT2D eigenvalue weighted by Crippen LogP contribution is 2.26. The second-order valence-electron chi connectivity index (χ2n) is 7.26. The Labute approximate surface area is 186 Å². The van der Waals surface area contributed by atoms with Crippen molar-refractivity contribution >= 4 is 38.9 Å². The van der Waals surface area contributed by atoms with Crippen LogP contribution in [0.5, 0.6) is 5.75 Å². The maximum Gasteiger partial charge on any atom is 0.262 e. The Morgan fingerprint density at radius 2 is 1.71 bits per heavy atom. The van der Waals surface area contributed by atoms with Crippen molar-refractivity contribution in [2.75, 3.05) is 16.6 Å². The normalized spacial score (nSPS) is 12.8. The number of rotatable bonds is 7. The molecule has 0 spiro atoms. The van der Waals surface area contributed by atoms with Crippen LogP contribution in [0.15, 0.2) is 71.6 Å². The van der Waals surface area contributed by atoms with E-state index in [9.17, 15) is 13.2 Å². The van der Waals surface area contributed by atoms with Gasteiger partial charge in [-0.05, 0) is 85.0 Å². The van der Waals surface area contributed by atoms with Crippen LogP contribution >= 0.6 is 11.6 Å². The van der Waals surface area contributed by atoms with Crippen LogP contribution in [0.4, 0.5) is 11.4 Å². The van der Waals surface area contributed by atoms with E-state index in [1.54, 1.807) is 36.4 Å². The van der Waals surface area contributed by atoms with Crippen molar-refractivity contribution < 1.29 is 17.9 Å². The zero-order chi connectivity index (χ0) is 21.8. The van der Waals surface area contributed by atoms with Crippen LogP contribution in [-0.2, 0) is 27.7 Å². The fourth-order valence-electron chi connectivity index (χ4n) is 3.46. The van der Waals surface area contributed by atoms with Crippen LogP contribution in [0, 0.1) is 0 Å². The molecule has 0 heterocycles. The van der Waals surface area contributed by atoms with Gasteiger partial charge in [0.2, 0.25) is 0 Å². The molecule has 2 N–H and O–H groups in total. The van der Waals surface area contributed by atoms with E-state index in [0.29, 0.717) is 22.1 Å². The molecule has 0 unspecified atom stereocenters. The van der Waals surface area contributed by atoms with Gasteiger partial charge in [0.1, 0.15) is 5.75 Å². The number of halogens is 1. The summed E-state index contributed by atoms with van der Waals surface area (Å²) in [6.45, 7) is -0.168. The minimum Gasteiger partial charge on any atom is -0.484 e. The molecule has 0 saturated heterocycles. The summed E-state index contributed by atoms with van der Waals surface area (Å²) in [5.74, 6) is 0.278. The maximum absolute atomic E-state index is 12.6. The van der Waals surface area contributed by atoms with Gasteiger partial charge < -0.3 is 10.1 Å². The molecule has 160 valence electrons. The molecule has 0 atom stereocenters. The van der Waals surface area contributed by atoms with Crippen LogP contribution in [-0.4, -0.2) is 20.9 Å². The van der Waals surface area contributed by atoms with E-state index in [-0.39, 0.29) is 17.4 Å². The van der Waals surface area contributed by atoms with Gasteiger partial charge in [-0.2, -0.15) is 0 Å². The third kappa shape index (κ3) is 5.37. The molecule has 0 aliphatic heterocycles. The van der Waals surface area contributed by atoms with Gasteiger partial charge in [0.05, 0.1) is 4.90 Å². The zero-order valence-corrected chi connectivity index (χ0v) is 18.2. The number of anilines is 2. The lowest BCUT2D eigenvalue weighted by atomic mass is 10.1. The molecule has 0 aromatic heterocycles. The smallest absolute Gasteiger partial charge is 0.262 e. The molecular weight excluding hydrogens is 436 g/mol. The fourth-order valence-corrected chi connectivity index (χ4v) is 4.69. The van der Waals surface area contributed by atoms with Crippen molar-refractivity contribution in [1.29, 1.82) is 0 Å². The van der Waals surface area contributed by atoms with Gasteiger partial charge in [-0.15, -0.1) is 0 Å². The van der Waals surface area contributed by atoms with Crippen LogP contribution in [0.3, 0.4) is 0 Å². The lowest BCUT2D eigenvalue weighted by Gasteiger charge is -2.11. The average Bonchev–Trinajstić information content (AvgIpc) is 3.22. The summed E-state index contributed by atoms with van der Waals surface area (Å²) < 4.78 is 33.4. The molecule has 1 amide bonds. The number of nitrogens with one attached hydrogen (secondary N) is 2. The highest BCUT2D eigenvalue weighted by atomic mass is 35.5. The number of hydrogen-bond acceptors (Lipinski definition) is 4.